The Morgan fingerprint density at radius 2 is 1.44 bits per heavy atom. The van der Waals surface area contributed by atoms with Crippen LogP contribution in [0.15, 0.2) is 72.8 Å². The smallest absolute Gasteiger partial charge is 0.184 e. The molecule has 0 radical (unpaired) electrons. The van der Waals surface area contributed by atoms with Crippen LogP contribution in [0.4, 0.5) is 0 Å². The van der Waals surface area contributed by atoms with Gasteiger partial charge in [0.25, 0.3) is 0 Å². The fourth-order valence-electron chi connectivity index (χ4n) is 7.73. The monoisotopic (exact) mass is 595 g/mol. The van der Waals surface area contributed by atoms with Crippen LogP contribution in [-0.2, 0) is 14.8 Å². The van der Waals surface area contributed by atoms with E-state index in [4.69, 9.17) is 19.5 Å². The van der Waals surface area contributed by atoms with Gasteiger partial charge in [-0.15, -0.1) is 5.10 Å². The predicted octanol–water partition coefficient (Wildman–Crippen LogP) is 7.26. The molecule has 8 heteroatoms. The number of morpholine rings is 1. The van der Waals surface area contributed by atoms with E-state index in [1.807, 2.05) is 0 Å². The van der Waals surface area contributed by atoms with Gasteiger partial charge in [0.15, 0.2) is 14.0 Å². The number of aromatic nitrogens is 4. The Morgan fingerprint density at radius 3 is 2.09 bits per heavy atom. The van der Waals surface area contributed by atoms with Crippen LogP contribution in [0.5, 0.6) is 0 Å². The SMILES string of the molecule is C[Si](C)(C)OC(C1CCCCC1)C(CCN1CCOCC1)(n1nnc2ccccc21)n1c2ccccc2c2ccccc21. The largest absolute Gasteiger partial charge is 0.410 e. The van der Waals surface area contributed by atoms with Gasteiger partial charge in [-0.3, -0.25) is 4.90 Å². The van der Waals surface area contributed by atoms with E-state index in [9.17, 15) is 0 Å². The molecule has 2 fully saturated rings. The van der Waals surface area contributed by atoms with Gasteiger partial charge in [-0.05, 0) is 62.7 Å². The molecule has 2 aliphatic rings. The van der Waals surface area contributed by atoms with Crippen LogP contribution in [0.1, 0.15) is 38.5 Å². The molecule has 1 aliphatic heterocycles. The summed E-state index contributed by atoms with van der Waals surface area (Å²) in [6.07, 6.45) is 6.95. The lowest BCUT2D eigenvalue weighted by molar-refractivity contribution is -0.0431. The summed E-state index contributed by atoms with van der Waals surface area (Å²) in [7, 11) is -2.02. The van der Waals surface area contributed by atoms with Crippen LogP contribution in [0.3, 0.4) is 0 Å². The minimum absolute atomic E-state index is 0.0650. The van der Waals surface area contributed by atoms with E-state index in [-0.39, 0.29) is 6.10 Å². The molecule has 7 rings (SSSR count). The summed E-state index contributed by atoms with van der Waals surface area (Å²) in [5.41, 5.74) is 3.80. The molecule has 2 aromatic heterocycles. The van der Waals surface area contributed by atoms with Gasteiger partial charge >= 0.3 is 0 Å². The summed E-state index contributed by atoms with van der Waals surface area (Å²) >= 11 is 0. The number of ether oxygens (including phenoxy) is 1. The summed E-state index contributed by atoms with van der Waals surface area (Å²) < 4.78 is 18.2. The molecule has 7 nitrogen and oxygen atoms in total. The van der Waals surface area contributed by atoms with Gasteiger partial charge in [-0.25, -0.2) is 4.68 Å². The molecular weight excluding hydrogens is 551 g/mol. The number of fused-ring (bicyclic) bond motifs is 4. The first-order valence-electron chi connectivity index (χ1n) is 16.2. The Bertz CT molecular complexity index is 1640. The Hall–Kier alpha value is -3.04. The third-order valence-corrected chi connectivity index (χ3v) is 10.6. The minimum Gasteiger partial charge on any atom is -0.410 e. The molecule has 2 unspecified atom stereocenters. The molecular formula is C35H45N5O2Si. The number of hydrogen-bond donors (Lipinski definition) is 0. The number of para-hydroxylation sites is 3. The second-order valence-corrected chi connectivity index (χ2v) is 18.0. The van der Waals surface area contributed by atoms with Crippen molar-refractivity contribution < 1.29 is 9.16 Å². The van der Waals surface area contributed by atoms with Crippen molar-refractivity contribution in [3.63, 3.8) is 0 Å². The lowest BCUT2D eigenvalue weighted by Gasteiger charge is -2.49. The van der Waals surface area contributed by atoms with E-state index in [1.54, 1.807) is 0 Å². The van der Waals surface area contributed by atoms with Crippen molar-refractivity contribution in [3.05, 3.63) is 72.8 Å². The second kappa shape index (κ2) is 11.8. The fraction of sp³-hybridized carbons (Fsp3) is 0.486. The number of benzene rings is 3. The standard InChI is InChI=1S/C35H45N5O2Si/c1-43(2,3)42-34(27-13-5-4-6-14-27)35(21-22-38-23-25-41-26-24-38,40-33-20-12-9-17-30(33)36-37-40)39-31-18-10-7-15-28(31)29-16-8-11-19-32(29)39/h7-12,15-20,27,34H,4-6,13-14,21-26H2,1-3H3. The average Bonchev–Trinajstić information content (AvgIpc) is 3.62. The summed E-state index contributed by atoms with van der Waals surface area (Å²) in [6.45, 7) is 11.4. The zero-order valence-corrected chi connectivity index (χ0v) is 26.9. The zero-order valence-electron chi connectivity index (χ0n) is 25.9. The van der Waals surface area contributed by atoms with Crippen LogP contribution in [0, 0.1) is 5.92 Å². The van der Waals surface area contributed by atoms with E-state index < -0.39 is 14.0 Å². The van der Waals surface area contributed by atoms with E-state index >= 15 is 0 Å². The van der Waals surface area contributed by atoms with Crippen molar-refractivity contribution in [1.82, 2.24) is 24.5 Å². The van der Waals surface area contributed by atoms with Gasteiger partial charge in [0.1, 0.15) is 5.52 Å². The first kappa shape index (κ1) is 28.7. The van der Waals surface area contributed by atoms with Crippen molar-refractivity contribution in [2.24, 2.45) is 5.92 Å². The van der Waals surface area contributed by atoms with Gasteiger partial charge in [0.2, 0.25) is 0 Å². The maximum atomic E-state index is 7.56. The van der Waals surface area contributed by atoms with Gasteiger partial charge in [-0.2, -0.15) is 0 Å². The third kappa shape index (κ3) is 5.33. The topological polar surface area (TPSA) is 57.3 Å². The zero-order chi connectivity index (χ0) is 29.4. The van der Waals surface area contributed by atoms with Crippen LogP contribution >= 0.6 is 0 Å². The van der Waals surface area contributed by atoms with E-state index in [0.29, 0.717) is 5.92 Å². The highest BCUT2D eigenvalue weighted by Crippen LogP contribution is 2.46. The number of nitrogens with zero attached hydrogens (tertiary/aromatic N) is 5. The summed E-state index contributed by atoms with van der Waals surface area (Å²) in [5.74, 6) is 0.424. The van der Waals surface area contributed by atoms with Crippen LogP contribution in [-0.4, -0.2) is 71.7 Å². The molecule has 1 saturated carbocycles. The van der Waals surface area contributed by atoms with Gasteiger partial charge in [0, 0.05) is 36.8 Å². The fourth-order valence-corrected chi connectivity index (χ4v) is 8.87. The lowest BCUT2D eigenvalue weighted by atomic mass is 9.78. The Balaban J connectivity index is 1.57. The quantitative estimate of drug-likeness (QED) is 0.168. The van der Waals surface area contributed by atoms with Crippen molar-refractivity contribution in [3.8, 4) is 0 Å². The molecule has 0 amide bonds. The Kier molecular flexibility index (Phi) is 7.88. The molecule has 3 heterocycles. The molecule has 5 aromatic rings. The van der Waals surface area contributed by atoms with E-state index in [1.165, 1.54) is 53.9 Å². The van der Waals surface area contributed by atoms with Crippen molar-refractivity contribution in [1.29, 1.82) is 0 Å². The predicted molar refractivity (Wildman–Crippen MR) is 177 cm³/mol. The highest BCUT2D eigenvalue weighted by molar-refractivity contribution is 6.69. The molecule has 226 valence electrons. The highest BCUT2D eigenvalue weighted by atomic mass is 28.4. The molecule has 3 aromatic carbocycles. The molecule has 0 spiro atoms. The molecule has 0 bridgehead atoms. The minimum atomic E-state index is -2.02. The average molecular weight is 596 g/mol. The van der Waals surface area contributed by atoms with E-state index in [2.05, 4.69) is 107 Å². The molecule has 0 N–H and O–H groups in total. The maximum Gasteiger partial charge on any atom is 0.184 e. The molecule has 43 heavy (non-hydrogen) atoms. The van der Waals surface area contributed by atoms with Gasteiger partial charge < -0.3 is 13.7 Å². The van der Waals surface area contributed by atoms with Gasteiger partial charge in [0.05, 0.1) is 35.9 Å². The van der Waals surface area contributed by atoms with Gasteiger partial charge in [-0.1, -0.05) is 73.0 Å². The lowest BCUT2D eigenvalue weighted by Crippen LogP contribution is -2.59. The van der Waals surface area contributed by atoms with Crippen molar-refractivity contribution >= 4 is 41.2 Å². The van der Waals surface area contributed by atoms with E-state index in [0.717, 1.165) is 50.3 Å². The maximum absolute atomic E-state index is 7.56. The summed E-state index contributed by atoms with van der Waals surface area (Å²) in [5, 5.41) is 12.4. The first-order valence-corrected chi connectivity index (χ1v) is 19.6. The summed E-state index contributed by atoms with van der Waals surface area (Å²) in [6, 6.07) is 26.3. The normalized spacial score (nSPS) is 19.7. The highest BCUT2D eigenvalue weighted by Gasteiger charge is 2.51. The Morgan fingerprint density at radius 1 is 0.837 bits per heavy atom. The second-order valence-electron chi connectivity index (χ2n) is 13.5. The third-order valence-electron chi connectivity index (χ3n) is 9.60. The van der Waals surface area contributed by atoms with Crippen LogP contribution in [0.2, 0.25) is 19.6 Å². The Labute approximate surface area is 255 Å². The number of rotatable bonds is 9. The number of hydrogen-bond acceptors (Lipinski definition) is 5. The molecule has 1 aliphatic carbocycles. The summed E-state index contributed by atoms with van der Waals surface area (Å²) in [4.78, 5) is 2.57. The van der Waals surface area contributed by atoms with Crippen LogP contribution < -0.4 is 0 Å². The van der Waals surface area contributed by atoms with Crippen molar-refractivity contribution in [2.45, 2.75) is 69.9 Å². The van der Waals surface area contributed by atoms with Crippen molar-refractivity contribution in [2.75, 3.05) is 32.8 Å². The first-order chi connectivity index (χ1) is 21.0. The molecule has 1 saturated heterocycles. The molecule has 2 atom stereocenters. The van der Waals surface area contributed by atoms with Crippen LogP contribution in [0.25, 0.3) is 32.8 Å².